The largest absolute Gasteiger partial charge is 0.492 e. The summed E-state index contributed by atoms with van der Waals surface area (Å²) < 4.78 is 5.66. The fourth-order valence-electron chi connectivity index (χ4n) is 1.54. The van der Waals surface area contributed by atoms with Crippen LogP contribution in [-0.4, -0.2) is 44.1 Å². The highest BCUT2D eigenvalue weighted by atomic mass is 16.5. The quantitative estimate of drug-likeness (QED) is 0.464. The molecular formula is C15H23N3O. The third kappa shape index (κ3) is 5.95. The fourth-order valence-corrected chi connectivity index (χ4v) is 1.54. The van der Waals surface area contributed by atoms with Gasteiger partial charge in [-0.05, 0) is 19.1 Å². The van der Waals surface area contributed by atoms with E-state index >= 15 is 0 Å². The van der Waals surface area contributed by atoms with Gasteiger partial charge in [-0.2, -0.15) is 0 Å². The first kappa shape index (κ1) is 15.1. The van der Waals surface area contributed by atoms with Gasteiger partial charge in [0.25, 0.3) is 0 Å². The summed E-state index contributed by atoms with van der Waals surface area (Å²) in [5.41, 5.74) is 0. The van der Waals surface area contributed by atoms with Crippen molar-refractivity contribution in [2.24, 2.45) is 4.99 Å². The standard InChI is InChI=1S/C15H23N3O/c1-4-11-17-15(16-5-2)18(3)12-13-19-14-9-7-6-8-10-14/h4,6-10H,1,5,11-13H2,2-3H3,(H,16,17). The highest BCUT2D eigenvalue weighted by molar-refractivity contribution is 5.79. The highest BCUT2D eigenvalue weighted by Crippen LogP contribution is 2.07. The number of benzene rings is 1. The number of nitrogens with one attached hydrogen (secondary N) is 1. The van der Waals surface area contributed by atoms with Gasteiger partial charge in [0.2, 0.25) is 0 Å². The molecule has 104 valence electrons. The Bertz CT molecular complexity index is 390. The zero-order chi connectivity index (χ0) is 13.9. The van der Waals surface area contributed by atoms with Gasteiger partial charge in [-0.25, -0.2) is 4.99 Å². The van der Waals surface area contributed by atoms with E-state index in [1.165, 1.54) is 0 Å². The summed E-state index contributed by atoms with van der Waals surface area (Å²) in [6.45, 7) is 8.59. The summed E-state index contributed by atoms with van der Waals surface area (Å²) in [6, 6.07) is 9.82. The molecule has 0 spiro atoms. The normalized spacial score (nSPS) is 10.9. The maximum Gasteiger partial charge on any atom is 0.194 e. The fraction of sp³-hybridized carbons (Fsp3) is 0.400. The third-order valence-corrected chi connectivity index (χ3v) is 2.51. The molecule has 1 aromatic carbocycles. The molecule has 1 rings (SSSR count). The van der Waals surface area contributed by atoms with Crippen molar-refractivity contribution in [3.05, 3.63) is 43.0 Å². The lowest BCUT2D eigenvalue weighted by Crippen LogP contribution is -2.40. The minimum Gasteiger partial charge on any atom is -0.492 e. The number of ether oxygens (including phenoxy) is 1. The van der Waals surface area contributed by atoms with Crippen LogP contribution in [0.15, 0.2) is 48.0 Å². The topological polar surface area (TPSA) is 36.9 Å². The molecule has 0 bridgehead atoms. The zero-order valence-electron chi connectivity index (χ0n) is 11.8. The Morgan fingerprint density at radius 2 is 2.16 bits per heavy atom. The average Bonchev–Trinajstić information content (AvgIpc) is 2.44. The molecule has 0 amide bonds. The Kier molecular flexibility index (Phi) is 7.17. The lowest BCUT2D eigenvalue weighted by Gasteiger charge is -2.21. The first-order valence-electron chi connectivity index (χ1n) is 6.56. The van der Waals surface area contributed by atoms with Crippen LogP contribution in [0.1, 0.15) is 6.92 Å². The van der Waals surface area contributed by atoms with E-state index in [9.17, 15) is 0 Å². The van der Waals surface area contributed by atoms with E-state index in [1.54, 1.807) is 6.08 Å². The van der Waals surface area contributed by atoms with Gasteiger partial charge in [0.05, 0.1) is 13.1 Å². The molecule has 0 aliphatic heterocycles. The predicted molar refractivity (Wildman–Crippen MR) is 80.7 cm³/mol. The van der Waals surface area contributed by atoms with Crippen molar-refractivity contribution >= 4 is 5.96 Å². The molecule has 0 aliphatic carbocycles. The van der Waals surface area contributed by atoms with Gasteiger partial charge in [0, 0.05) is 13.6 Å². The van der Waals surface area contributed by atoms with E-state index in [0.717, 1.165) is 24.8 Å². The number of guanidine groups is 1. The molecule has 0 aliphatic rings. The lowest BCUT2D eigenvalue weighted by atomic mass is 10.3. The summed E-state index contributed by atoms with van der Waals surface area (Å²) in [4.78, 5) is 6.47. The molecule has 1 N–H and O–H groups in total. The van der Waals surface area contributed by atoms with Crippen LogP contribution in [0.3, 0.4) is 0 Å². The van der Waals surface area contributed by atoms with Crippen molar-refractivity contribution in [2.75, 3.05) is 33.3 Å². The van der Waals surface area contributed by atoms with Crippen LogP contribution >= 0.6 is 0 Å². The molecule has 0 unspecified atom stereocenters. The van der Waals surface area contributed by atoms with Gasteiger partial charge in [-0.3, -0.25) is 0 Å². The molecule has 4 nitrogen and oxygen atoms in total. The van der Waals surface area contributed by atoms with Crippen LogP contribution < -0.4 is 10.1 Å². The van der Waals surface area contributed by atoms with Crippen molar-refractivity contribution in [1.82, 2.24) is 10.2 Å². The van der Waals surface area contributed by atoms with E-state index < -0.39 is 0 Å². The molecule has 0 atom stereocenters. The van der Waals surface area contributed by atoms with Crippen LogP contribution in [0.2, 0.25) is 0 Å². The van der Waals surface area contributed by atoms with E-state index in [1.807, 2.05) is 37.4 Å². The Labute approximate surface area is 115 Å². The first-order valence-corrected chi connectivity index (χ1v) is 6.56. The molecule has 0 radical (unpaired) electrons. The predicted octanol–water partition coefficient (Wildman–Crippen LogP) is 2.15. The number of aliphatic imine (C=N–C) groups is 1. The van der Waals surface area contributed by atoms with Crippen LogP contribution in [0, 0.1) is 0 Å². The molecule has 19 heavy (non-hydrogen) atoms. The van der Waals surface area contributed by atoms with E-state index in [2.05, 4.69) is 28.7 Å². The van der Waals surface area contributed by atoms with Gasteiger partial charge in [-0.1, -0.05) is 24.3 Å². The summed E-state index contributed by atoms with van der Waals surface area (Å²) in [5.74, 6) is 1.77. The van der Waals surface area contributed by atoms with Crippen LogP contribution in [0.4, 0.5) is 0 Å². The Morgan fingerprint density at radius 3 is 2.79 bits per heavy atom. The van der Waals surface area contributed by atoms with Gasteiger partial charge < -0.3 is 15.0 Å². The average molecular weight is 261 g/mol. The summed E-state index contributed by atoms with van der Waals surface area (Å²) >= 11 is 0. The number of hydrogen-bond acceptors (Lipinski definition) is 2. The Morgan fingerprint density at radius 1 is 1.42 bits per heavy atom. The molecule has 0 heterocycles. The summed E-state index contributed by atoms with van der Waals surface area (Å²) in [6.07, 6.45) is 1.78. The van der Waals surface area contributed by atoms with Crippen molar-refractivity contribution in [1.29, 1.82) is 0 Å². The molecule has 0 fully saturated rings. The van der Waals surface area contributed by atoms with Gasteiger partial charge in [0.1, 0.15) is 12.4 Å². The van der Waals surface area contributed by atoms with Crippen LogP contribution in [-0.2, 0) is 0 Å². The maximum atomic E-state index is 5.66. The zero-order valence-corrected chi connectivity index (χ0v) is 11.8. The van der Waals surface area contributed by atoms with E-state index in [4.69, 9.17) is 4.74 Å². The maximum absolute atomic E-state index is 5.66. The smallest absolute Gasteiger partial charge is 0.194 e. The second-order valence-electron chi connectivity index (χ2n) is 4.07. The monoisotopic (exact) mass is 261 g/mol. The van der Waals surface area contributed by atoms with Gasteiger partial charge in [-0.15, -0.1) is 6.58 Å². The minimum absolute atomic E-state index is 0.617. The molecule has 0 aromatic heterocycles. The molecule has 4 heteroatoms. The van der Waals surface area contributed by atoms with Gasteiger partial charge in [0.15, 0.2) is 5.96 Å². The van der Waals surface area contributed by atoms with Gasteiger partial charge >= 0.3 is 0 Å². The molecule has 0 saturated carbocycles. The number of nitrogens with zero attached hydrogens (tertiary/aromatic N) is 2. The second-order valence-corrected chi connectivity index (χ2v) is 4.07. The highest BCUT2D eigenvalue weighted by Gasteiger charge is 2.04. The summed E-state index contributed by atoms with van der Waals surface area (Å²) in [7, 11) is 2.00. The molecule has 0 saturated heterocycles. The Balaban J connectivity index is 2.39. The minimum atomic E-state index is 0.617. The van der Waals surface area contributed by atoms with Crippen molar-refractivity contribution in [3.8, 4) is 5.75 Å². The number of hydrogen-bond donors (Lipinski definition) is 1. The first-order chi connectivity index (χ1) is 9.27. The van der Waals surface area contributed by atoms with Crippen LogP contribution in [0.5, 0.6) is 5.75 Å². The Hall–Kier alpha value is -1.97. The van der Waals surface area contributed by atoms with Crippen molar-refractivity contribution in [2.45, 2.75) is 6.92 Å². The third-order valence-electron chi connectivity index (χ3n) is 2.51. The van der Waals surface area contributed by atoms with E-state index in [0.29, 0.717) is 13.2 Å². The number of likely N-dealkylation sites (N-methyl/N-ethyl adjacent to an activating group) is 1. The second kappa shape index (κ2) is 9.03. The molecule has 1 aromatic rings. The lowest BCUT2D eigenvalue weighted by molar-refractivity contribution is 0.281. The SMILES string of the molecule is C=CCN=C(NCC)N(C)CCOc1ccccc1. The molecular weight excluding hydrogens is 238 g/mol. The van der Waals surface area contributed by atoms with Crippen molar-refractivity contribution < 1.29 is 4.74 Å². The van der Waals surface area contributed by atoms with E-state index in [-0.39, 0.29) is 0 Å². The number of para-hydroxylation sites is 1. The number of rotatable bonds is 7. The van der Waals surface area contributed by atoms with Crippen LogP contribution in [0.25, 0.3) is 0 Å². The van der Waals surface area contributed by atoms with Crippen molar-refractivity contribution in [3.63, 3.8) is 0 Å². The summed E-state index contributed by atoms with van der Waals surface area (Å²) in [5, 5.41) is 3.24.